The van der Waals surface area contributed by atoms with Crippen molar-refractivity contribution >= 4 is 11.8 Å². The van der Waals surface area contributed by atoms with E-state index < -0.39 is 0 Å². The molecular weight excluding hydrogens is 254 g/mol. The van der Waals surface area contributed by atoms with Gasteiger partial charge in [-0.1, -0.05) is 12.8 Å². The predicted molar refractivity (Wildman–Crippen MR) is 76.1 cm³/mol. The molecule has 3 rings (SSSR count). The third kappa shape index (κ3) is 2.97. The number of nitrogens with one attached hydrogen (secondary N) is 1. The third-order valence-electron chi connectivity index (χ3n) is 5.08. The predicted octanol–water partition coefficient (Wildman–Crippen LogP) is 0.599. The van der Waals surface area contributed by atoms with E-state index in [2.05, 4.69) is 10.2 Å². The molecule has 1 saturated carbocycles. The van der Waals surface area contributed by atoms with Crippen molar-refractivity contribution in [1.29, 1.82) is 0 Å². The van der Waals surface area contributed by atoms with Gasteiger partial charge >= 0.3 is 0 Å². The van der Waals surface area contributed by atoms with Crippen LogP contribution in [0.5, 0.6) is 0 Å². The Kier molecular flexibility index (Phi) is 4.24. The van der Waals surface area contributed by atoms with Crippen molar-refractivity contribution in [2.45, 2.75) is 44.6 Å². The Balaban J connectivity index is 1.47. The quantitative estimate of drug-likeness (QED) is 0.805. The Morgan fingerprint density at radius 1 is 1.05 bits per heavy atom. The summed E-state index contributed by atoms with van der Waals surface area (Å²) in [6.07, 6.45) is 6.62. The molecule has 0 bridgehead atoms. The fraction of sp³-hybridized carbons (Fsp3) is 0.867. The highest BCUT2D eigenvalue weighted by Crippen LogP contribution is 2.25. The number of nitrogens with zero attached hydrogens (tertiary/aromatic N) is 2. The van der Waals surface area contributed by atoms with Gasteiger partial charge in [0, 0.05) is 45.2 Å². The van der Waals surface area contributed by atoms with Crippen molar-refractivity contribution in [3.63, 3.8) is 0 Å². The average molecular weight is 279 g/mol. The first-order chi connectivity index (χ1) is 9.74. The molecule has 2 heterocycles. The zero-order valence-electron chi connectivity index (χ0n) is 12.1. The van der Waals surface area contributed by atoms with Crippen molar-refractivity contribution in [2.75, 3.05) is 32.7 Å². The standard InChI is InChI=1S/C15H25N3O2/c19-14-6-5-12(11-16-14)15(20)18-9-7-17(8-10-18)13-3-1-2-4-13/h12-13H,1-11H2,(H,16,19). The van der Waals surface area contributed by atoms with E-state index in [4.69, 9.17) is 0 Å². The van der Waals surface area contributed by atoms with Gasteiger partial charge in [-0.15, -0.1) is 0 Å². The maximum Gasteiger partial charge on any atom is 0.227 e. The second kappa shape index (κ2) is 6.12. The normalized spacial score (nSPS) is 29.5. The van der Waals surface area contributed by atoms with Crippen molar-refractivity contribution in [3.05, 3.63) is 0 Å². The zero-order chi connectivity index (χ0) is 13.9. The zero-order valence-corrected chi connectivity index (χ0v) is 12.1. The number of amides is 2. The lowest BCUT2D eigenvalue weighted by Crippen LogP contribution is -2.54. The van der Waals surface area contributed by atoms with Crippen molar-refractivity contribution in [2.24, 2.45) is 5.92 Å². The van der Waals surface area contributed by atoms with Gasteiger partial charge in [0.05, 0.1) is 5.92 Å². The highest BCUT2D eigenvalue weighted by molar-refractivity contribution is 5.83. The van der Waals surface area contributed by atoms with Crippen molar-refractivity contribution in [3.8, 4) is 0 Å². The molecule has 2 aliphatic heterocycles. The van der Waals surface area contributed by atoms with Crippen molar-refractivity contribution in [1.82, 2.24) is 15.1 Å². The van der Waals surface area contributed by atoms with Crippen molar-refractivity contribution < 1.29 is 9.59 Å². The Morgan fingerprint density at radius 3 is 2.35 bits per heavy atom. The second-order valence-electron chi connectivity index (χ2n) is 6.34. The molecule has 2 amide bonds. The summed E-state index contributed by atoms with van der Waals surface area (Å²) in [5.41, 5.74) is 0. The minimum absolute atomic E-state index is 0.00531. The first kappa shape index (κ1) is 13.9. The Labute approximate surface area is 120 Å². The van der Waals surface area contributed by atoms with Crippen LogP contribution < -0.4 is 5.32 Å². The highest BCUT2D eigenvalue weighted by atomic mass is 16.2. The molecule has 0 spiro atoms. The highest BCUT2D eigenvalue weighted by Gasteiger charge is 2.32. The van der Waals surface area contributed by atoms with Gasteiger partial charge in [0.2, 0.25) is 11.8 Å². The van der Waals surface area contributed by atoms with Crippen LogP contribution in [0.25, 0.3) is 0 Å². The number of carbonyl (C=O) groups excluding carboxylic acids is 2. The van der Waals surface area contributed by atoms with Gasteiger partial charge in [-0.05, 0) is 19.3 Å². The van der Waals surface area contributed by atoms with Gasteiger partial charge in [-0.25, -0.2) is 0 Å². The maximum atomic E-state index is 12.4. The van der Waals surface area contributed by atoms with Crippen LogP contribution in [-0.2, 0) is 9.59 Å². The molecule has 1 aliphatic carbocycles. The minimum atomic E-state index is 0.00531. The summed E-state index contributed by atoms with van der Waals surface area (Å²) in [6.45, 7) is 4.30. The van der Waals surface area contributed by atoms with E-state index in [1.54, 1.807) is 0 Å². The fourth-order valence-electron chi connectivity index (χ4n) is 3.78. The Hall–Kier alpha value is -1.10. The number of hydrogen-bond acceptors (Lipinski definition) is 3. The molecule has 2 saturated heterocycles. The molecule has 5 nitrogen and oxygen atoms in total. The summed E-state index contributed by atoms with van der Waals surface area (Å²) >= 11 is 0. The van der Waals surface area contributed by atoms with E-state index in [-0.39, 0.29) is 17.7 Å². The number of piperazine rings is 1. The lowest BCUT2D eigenvalue weighted by Gasteiger charge is -2.39. The monoisotopic (exact) mass is 279 g/mol. The van der Waals surface area contributed by atoms with Gasteiger partial charge in [-0.3, -0.25) is 14.5 Å². The summed E-state index contributed by atoms with van der Waals surface area (Å²) < 4.78 is 0. The first-order valence-corrected chi connectivity index (χ1v) is 8.03. The molecule has 3 aliphatic rings. The molecule has 1 N–H and O–H groups in total. The molecule has 0 aromatic heterocycles. The number of rotatable bonds is 2. The Bertz CT molecular complexity index is 361. The first-order valence-electron chi connectivity index (χ1n) is 8.03. The summed E-state index contributed by atoms with van der Waals surface area (Å²) in [4.78, 5) is 28.2. The maximum absolute atomic E-state index is 12.4. The topological polar surface area (TPSA) is 52.7 Å². The molecule has 20 heavy (non-hydrogen) atoms. The van der Waals surface area contributed by atoms with Crippen LogP contribution in [0.3, 0.4) is 0 Å². The third-order valence-corrected chi connectivity index (χ3v) is 5.08. The van der Waals surface area contributed by atoms with Crippen LogP contribution in [0.1, 0.15) is 38.5 Å². The van der Waals surface area contributed by atoms with Crippen LogP contribution >= 0.6 is 0 Å². The van der Waals surface area contributed by atoms with Gasteiger partial charge in [-0.2, -0.15) is 0 Å². The van der Waals surface area contributed by atoms with Gasteiger partial charge in [0.1, 0.15) is 0 Å². The molecule has 0 radical (unpaired) electrons. The molecule has 5 heteroatoms. The molecule has 1 atom stereocenters. The summed E-state index contributed by atoms with van der Waals surface area (Å²) in [5.74, 6) is 0.335. The van der Waals surface area contributed by atoms with Crippen LogP contribution in [0.15, 0.2) is 0 Å². The van der Waals surface area contributed by atoms with Gasteiger partial charge in [0.15, 0.2) is 0 Å². The van der Waals surface area contributed by atoms with Gasteiger partial charge in [0.25, 0.3) is 0 Å². The molecule has 3 fully saturated rings. The fourth-order valence-corrected chi connectivity index (χ4v) is 3.78. The van der Waals surface area contributed by atoms with Crippen LogP contribution in [0.2, 0.25) is 0 Å². The molecule has 112 valence electrons. The van der Waals surface area contributed by atoms with Crippen LogP contribution in [0, 0.1) is 5.92 Å². The van der Waals surface area contributed by atoms with Crippen LogP contribution in [-0.4, -0.2) is 60.4 Å². The number of piperidine rings is 1. The number of carbonyl (C=O) groups is 2. The van der Waals surface area contributed by atoms with E-state index in [1.807, 2.05) is 4.90 Å². The number of hydrogen-bond donors (Lipinski definition) is 1. The Morgan fingerprint density at radius 2 is 1.75 bits per heavy atom. The van der Waals surface area contributed by atoms with E-state index in [0.29, 0.717) is 19.4 Å². The lowest BCUT2D eigenvalue weighted by molar-refractivity contribution is -0.139. The van der Waals surface area contributed by atoms with E-state index in [0.717, 1.165) is 32.2 Å². The minimum Gasteiger partial charge on any atom is -0.355 e. The van der Waals surface area contributed by atoms with E-state index >= 15 is 0 Å². The molecule has 1 unspecified atom stereocenters. The smallest absolute Gasteiger partial charge is 0.227 e. The van der Waals surface area contributed by atoms with E-state index in [9.17, 15) is 9.59 Å². The SMILES string of the molecule is O=C1CCC(C(=O)N2CCN(C3CCCC3)CC2)CN1. The van der Waals surface area contributed by atoms with Gasteiger partial charge < -0.3 is 10.2 Å². The van der Waals surface area contributed by atoms with Crippen LogP contribution in [0.4, 0.5) is 0 Å². The largest absolute Gasteiger partial charge is 0.355 e. The molecular formula is C15H25N3O2. The molecule has 0 aromatic carbocycles. The average Bonchev–Trinajstić information content (AvgIpc) is 3.02. The summed E-state index contributed by atoms with van der Waals surface area (Å²) in [7, 11) is 0. The summed E-state index contributed by atoms with van der Waals surface area (Å²) in [5, 5.41) is 2.81. The van der Waals surface area contributed by atoms with E-state index in [1.165, 1.54) is 25.7 Å². The lowest BCUT2D eigenvalue weighted by atomic mass is 9.97. The second-order valence-corrected chi connectivity index (χ2v) is 6.34. The summed E-state index contributed by atoms with van der Waals surface area (Å²) in [6, 6.07) is 0.765. The molecule has 0 aromatic rings.